The zero-order valence-corrected chi connectivity index (χ0v) is 14.9. The van der Waals surface area contributed by atoms with Crippen molar-refractivity contribution >= 4 is 5.91 Å². The van der Waals surface area contributed by atoms with Crippen molar-refractivity contribution in [3.63, 3.8) is 0 Å². The zero-order valence-electron chi connectivity index (χ0n) is 14.9. The quantitative estimate of drug-likeness (QED) is 0.905. The fourth-order valence-electron chi connectivity index (χ4n) is 4.59. The largest absolute Gasteiger partial charge is 0.390 e. The van der Waals surface area contributed by atoms with Gasteiger partial charge in [0.2, 0.25) is 0 Å². The Morgan fingerprint density at radius 3 is 2.61 bits per heavy atom. The van der Waals surface area contributed by atoms with Crippen LogP contribution in [0.3, 0.4) is 0 Å². The van der Waals surface area contributed by atoms with Crippen molar-refractivity contribution in [1.29, 1.82) is 0 Å². The van der Waals surface area contributed by atoms with E-state index in [0.717, 1.165) is 43.4 Å². The fourth-order valence-corrected chi connectivity index (χ4v) is 4.59. The van der Waals surface area contributed by atoms with Crippen LogP contribution in [0.5, 0.6) is 0 Å². The number of hydrogen-bond acceptors (Lipinski definition) is 2. The number of amides is 1. The van der Waals surface area contributed by atoms with Gasteiger partial charge >= 0.3 is 0 Å². The van der Waals surface area contributed by atoms with Crippen LogP contribution in [0.4, 0.5) is 0 Å². The molecule has 1 heterocycles. The van der Waals surface area contributed by atoms with E-state index in [2.05, 4.69) is 26.8 Å². The van der Waals surface area contributed by atoms with Crippen molar-refractivity contribution in [2.75, 3.05) is 13.1 Å². The fraction of sp³-hybridized carbons (Fsp3) is 0.650. The number of fused-ring (bicyclic) bond motifs is 1. The van der Waals surface area contributed by atoms with E-state index < -0.39 is 5.60 Å². The predicted octanol–water partition coefficient (Wildman–Crippen LogP) is 3.63. The molecule has 1 saturated carbocycles. The minimum atomic E-state index is -0.573. The number of likely N-dealkylation sites (tertiary alicyclic amines) is 1. The number of aliphatic hydroxyl groups is 1. The van der Waals surface area contributed by atoms with Crippen molar-refractivity contribution in [3.8, 4) is 0 Å². The van der Waals surface area contributed by atoms with E-state index in [1.807, 2.05) is 17.9 Å². The average molecular weight is 315 g/mol. The van der Waals surface area contributed by atoms with Crippen LogP contribution >= 0.6 is 0 Å². The summed E-state index contributed by atoms with van der Waals surface area (Å²) >= 11 is 0. The molecule has 3 atom stereocenters. The molecule has 3 nitrogen and oxygen atoms in total. The van der Waals surface area contributed by atoms with Crippen molar-refractivity contribution in [2.45, 2.75) is 59.0 Å². The lowest BCUT2D eigenvalue weighted by molar-refractivity contribution is -0.0609. The summed E-state index contributed by atoms with van der Waals surface area (Å²) in [6, 6.07) is 4.13. The van der Waals surface area contributed by atoms with Gasteiger partial charge in [0.15, 0.2) is 0 Å². The Balaban J connectivity index is 1.84. The average Bonchev–Trinajstić information content (AvgIpc) is 2.96. The van der Waals surface area contributed by atoms with Gasteiger partial charge in [-0.3, -0.25) is 4.79 Å². The number of carbonyl (C=O) groups excluding carboxylic acids is 1. The van der Waals surface area contributed by atoms with Crippen LogP contribution in [0.2, 0.25) is 0 Å². The lowest BCUT2D eigenvalue weighted by Gasteiger charge is -2.40. The van der Waals surface area contributed by atoms with E-state index in [1.54, 1.807) is 0 Å². The molecule has 3 heteroatoms. The minimum absolute atomic E-state index is 0.137. The molecule has 1 aromatic rings. The first kappa shape index (κ1) is 16.5. The van der Waals surface area contributed by atoms with E-state index in [9.17, 15) is 9.90 Å². The molecule has 1 aromatic carbocycles. The molecular weight excluding hydrogens is 286 g/mol. The second kappa shape index (κ2) is 5.94. The first-order valence-electron chi connectivity index (χ1n) is 8.95. The number of benzene rings is 1. The lowest BCUT2D eigenvalue weighted by atomic mass is 9.69. The van der Waals surface area contributed by atoms with Crippen molar-refractivity contribution in [2.24, 2.45) is 11.8 Å². The number of carbonyl (C=O) groups is 1. The molecule has 1 amide bonds. The molecule has 0 bridgehead atoms. The third-order valence-electron chi connectivity index (χ3n) is 6.29. The van der Waals surface area contributed by atoms with Gasteiger partial charge in [-0.25, -0.2) is 0 Å². The number of aryl methyl sites for hydroxylation is 3. The van der Waals surface area contributed by atoms with E-state index in [-0.39, 0.29) is 11.8 Å². The molecule has 1 N–H and O–H groups in total. The van der Waals surface area contributed by atoms with Gasteiger partial charge < -0.3 is 10.0 Å². The summed E-state index contributed by atoms with van der Waals surface area (Å²) in [5, 5.41) is 10.9. The SMILES string of the molecule is CC[C@@]1(O)CCC[C@@H]2CN(C(=O)c3cc(C)c(C)cc3C)C[C@@H]21. The summed E-state index contributed by atoms with van der Waals surface area (Å²) in [4.78, 5) is 15.0. The van der Waals surface area contributed by atoms with Crippen molar-refractivity contribution in [3.05, 3.63) is 34.4 Å². The molecule has 0 radical (unpaired) electrons. The standard InChI is InChI=1S/C20H29NO2/c1-5-20(23)8-6-7-16-11-21(12-18(16)20)19(22)17-10-14(3)13(2)9-15(17)4/h9-10,16,18,23H,5-8,11-12H2,1-4H3/t16-,18+,20-/m1/s1. The highest BCUT2D eigenvalue weighted by molar-refractivity contribution is 5.96. The zero-order chi connectivity index (χ0) is 16.8. The first-order chi connectivity index (χ1) is 10.9. The van der Waals surface area contributed by atoms with Crippen LogP contribution < -0.4 is 0 Å². The van der Waals surface area contributed by atoms with E-state index >= 15 is 0 Å². The van der Waals surface area contributed by atoms with Crippen LogP contribution in [-0.2, 0) is 0 Å². The topological polar surface area (TPSA) is 40.5 Å². The molecule has 0 spiro atoms. The van der Waals surface area contributed by atoms with E-state index in [4.69, 9.17) is 0 Å². The van der Waals surface area contributed by atoms with Gasteiger partial charge in [-0.1, -0.05) is 19.4 Å². The van der Waals surface area contributed by atoms with Gasteiger partial charge in [-0.15, -0.1) is 0 Å². The van der Waals surface area contributed by atoms with Gasteiger partial charge in [0.05, 0.1) is 5.60 Å². The Morgan fingerprint density at radius 1 is 1.22 bits per heavy atom. The molecule has 0 aromatic heterocycles. The van der Waals surface area contributed by atoms with Crippen LogP contribution in [0, 0.1) is 32.6 Å². The Bertz CT molecular complexity index is 624. The molecular formula is C20H29NO2. The second-order valence-corrected chi connectivity index (χ2v) is 7.68. The molecule has 0 unspecified atom stereocenters. The van der Waals surface area contributed by atoms with Gasteiger partial charge in [-0.05, 0) is 68.7 Å². The van der Waals surface area contributed by atoms with Crippen molar-refractivity contribution in [1.82, 2.24) is 4.90 Å². The third-order valence-corrected chi connectivity index (χ3v) is 6.29. The maximum Gasteiger partial charge on any atom is 0.254 e. The van der Waals surface area contributed by atoms with Crippen LogP contribution in [0.1, 0.15) is 59.7 Å². The summed E-state index contributed by atoms with van der Waals surface area (Å²) in [6.45, 7) is 9.75. The molecule has 2 aliphatic rings. The minimum Gasteiger partial charge on any atom is -0.390 e. The van der Waals surface area contributed by atoms with Crippen LogP contribution in [0.15, 0.2) is 12.1 Å². The maximum atomic E-state index is 13.0. The third kappa shape index (κ3) is 2.80. The van der Waals surface area contributed by atoms with Gasteiger partial charge in [0.1, 0.15) is 0 Å². The van der Waals surface area contributed by atoms with Crippen LogP contribution in [0.25, 0.3) is 0 Å². The Hall–Kier alpha value is -1.35. The summed E-state index contributed by atoms with van der Waals surface area (Å²) < 4.78 is 0. The first-order valence-corrected chi connectivity index (χ1v) is 8.95. The molecule has 23 heavy (non-hydrogen) atoms. The maximum absolute atomic E-state index is 13.0. The van der Waals surface area contributed by atoms with E-state index in [0.29, 0.717) is 12.5 Å². The Kier molecular flexibility index (Phi) is 4.26. The second-order valence-electron chi connectivity index (χ2n) is 7.68. The molecule has 1 aliphatic carbocycles. The number of hydrogen-bond donors (Lipinski definition) is 1. The van der Waals surface area contributed by atoms with Gasteiger partial charge in [-0.2, -0.15) is 0 Å². The monoisotopic (exact) mass is 315 g/mol. The highest BCUT2D eigenvalue weighted by atomic mass is 16.3. The van der Waals surface area contributed by atoms with Gasteiger partial charge in [0.25, 0.3) is 5.91 Å². The molecule has 1 saturated heterocycles. The lowest BCUT2D eigenvalue weighted by Crippen LogP contribution is -2.44. The van der Waals surface area contributed by atoms with Crippen LogP contribution in [-0.4, -0.2) is 34.6 Å². The Labute approximate surface area is 139 Å². The predicted molar refractivity (Wildman–Crippen MR) is 92.6 cm³/mol. The molecule has 1 aliphatic heterocycles. The summed E-state index contributed by atoms with van der Waals surface area (Å²) in [5.74, 6) is 0.847. The normalized spacial score (nSPS) is 30.4. The summed E-state index contributed by atoms with van der Waals surface area (Å²) in [5.41, 5.74) is 3.71. The summed E-state index contributed by atoms with van der Waals surface area (Å²) in [7, 11) is 0. The number of rotatable bonds is 2. The highest BCUT2D eigenvalue weighted by Crippen LogP contribution is 2.44. The molecule has 2 fully saturated rings. The number of nitrogens with zero attached hydrogens (tertiary/aromatic N) is 1. The molecule has 126 valence electrons. The highest BCUT2D eigenvalue weighted by Gasteiger charge is 2.48. The summed E-state index contributed by atoms with van der Waals surface area (Å²) in [6.07, 6.45) is 3.90. The smallest absolute Gasteiger partial charge is 0.254 e. The Morgan fingerprint density at radius 2 is 1.91 bits per heavy atom. The molecule has 3 rings (SSSR count). The van der Waals surface area contributed by atoms with Gasteiger partial charge in [0, 0.05) is 24.6 Å². The van der Waals surface area contributed by atoms with E-state index in [1.165, 1.54) is 11.1 Å². The van der Waals surface area contributed by atoms with Crippen molar-refractivity contribution < 1.29 is 9.90 Å².